The smallest absolute Gasteiger partial charge is 0.338 e. The van der Waals surface area contributed by atoms with Crippen LogP contribution in [-0.4, -0.2) is 53.3 Å². The SMILES string of the molecule is CCCCOc1ccc(C(=O)OCC(=O)c2ccc3c(c2)CCCN3S(C)(=O)=O)cc1OC. The number of anilines is 1. The lowest BCUT2D eigenvalue weighted by Crippen LogP contribution is -2.34. The summed E-state index contributed by atoms with van der Waals surface area (Å²) >= 11 is 0. The van der Waals surface area contributed by atoms with Gasteiger partial charge in [0.05, 0.1) is 31.2 Å². The zero-order valence-electron chi connectivity index (χ0n) is 19.1. The van der Waals surface area contributed by atoms with Crippen LogP contribution in [0, 0.1) is 0 Å². The molecule has 0 aliphatic carbocycles. The van der Waals surface area contributed by atoms with Gasteiger partial charge in [-0.1, -0.05) is 13.3 Å². The minimum Gasteiger partial charge on any atom is -0.493 e. The highest BCUT2D eigenvalue weighted by Gasteiger charge is 2.25. The first-order chi connectivity index (χ1) is 15.7. The molecule has 1 aliphatic heterocycles. The summed E-state index contributed by atoms with van der Waals surface area (Å²) in [5.41, 5.74) is 1.99. The van der Waals surface area contributed by atoms with E-state index in [1.165, 1.54) is 23.7 Å². The lowest BCUT2D eigenvalue weighted by Gasteiger charge is -2.29. The van der Waals surface area contributed by atoms with Gasteiger partial charge in [0.2, 0.25) is 10.0 Å². The second-order valence-corrected chi connectivity index (χ2v) is 9.76. The van der Waals surface area contributed by atoms with E-state index >= 15 is 0 Å². The van der Waals surface area contributed by atoms with Crippen LogP contribution in [0.3, 0.4) is 0 Å². The van der Waals surface area contributed by atoms with Crippen molar-refractivity contribution in [1.82, 2.24) is 0 Å². The summed E-state index contributed by atoms with van der Waals surface area (Å²) in [4.78, 5) is 25.1. The maximum absolute atomic E-state index is 12.6. The molecule has 178 valence electrons. The highest BCUT2D eigenvalue weighted by Crippen LogP contribution is 2.30. The minimum atomic E-state index is -3.38. The second-order valence-electron chi connectivity index (χ2n) is 7.85. The molecule has 0 fully saturated rings. The third kappa shape index (κ3) is 6.04. The van der Waals surface area contributed by atoms with Gasteiger partial charge in [0.1, 0.15) is 0 Å². The molecule has 33 heavy (non-hydrogen) atoms. The number of hydrogen-bond donors (Lipinski definition) is 0. The molecule has 8 nitrogen and oxygen atoms in total. The number of hydrogen-bond acceptors (Lipinski definition) is 7. The molecule has 9 heteroatoms. The maximum atomic E-state index is 12.6. The van der Waals surface area contributed by atoms with Crippen molar-refractivity contribution >= 4 is 27.5 Å². The average molecular weight is 476 g/mol. The quantitative estimate of drug-likeness (QED) is 0.294. The number of sulfonamides is 1. The average Bonchev–Trinajstić information content (AvgIpc) is 2.81. The number of esters is 1. The fraction of sp³-hybridized carbons (Fsp3) is 0.417. The van der Waals surface area contributed by atoms with Gasteiger partial charge in [0, 0.05) is 12.1 Å². The van der Waals surface area contributed by atoms with Crippen LogP contribution in [0.4, 0.5) is 5.69 Å². The number of Topliss-reactive ketones (excluding diaryl/α,β-unsaturated/α-hetero) is 1. The first kappa shape index (κ1) is 24.6. The van der Waals surface area contributed by atoms with Gasteiger partial charge in [-0.25, -0.2) is 13.2 Å². The highest BCUT2D eigenvalue weighted by atomic mass is 32.2. The summed E-state index contributed by atoms with van der Waals surface area (Å²) < 4.78 is 41.5. The molecule has 1 heterocycles. The van der Waals surface area contributed by atoms with Gasteiger partial charge in [-0.2, -0.15) is 0 Å². The Kier molecular flexibility index (Phi) is 7.97. The molecular weight excluding hydrogens is 446 g/mol. The number of nitrogens with zero attached hydrogens (tertiary/aromatic N) is 1. The first-order valence-electron chi connectivity index (χ1n) is 10.9. The Balaban J connectivity index is 1.65. The predicted octanol–water partition coefficient (Wildman–Crippen LogP) is 3.63. The largest absolute Gasteiger partial charge is 0.493 e. The van der Waals surface area contributed by atoms with E-state index in [9.17, 15) is 18.0 Å². The summed E-state index contributed by atoms with van der Waals surface area (Å²) in [6.45, 7) is 2.61. The van der Waals surface area contributed by atoms with Gasteiger partial charge in [-0.3, -0.25) is 9.10 Å². The molecule has 0 atom stereocenters. The van der Waals surface area contributed by atoms with Crippen LogP contribution >= 0.6 is 0 Å². The topological polar surface area (TPSA) is 99.2 Å². The van der Waals surface area contributed by atoms with Crippen molar-refractivity contribution < 1.29 is 32.2 Å². The van der Waals surface area contributed by atoms with Crippen molar-refractivity contribution in [2.45, 2.75) is 32.6 Å². The van der Waals surface area contributed by atoms with Crippen LogP contribution in [0.5, 0.6) is 11.5 Å². The van der Waals surface area contributed by atoms with E-state index in [1.807, 2.05) is 0 Å². The van der Waals surface area contributed by atoms with Gasteiger partial charge in [0.15, 0.2) is 23.9 Å². The van der Waals surface area contributed by atoms with Crippen molar-refractivity contribution in [2.24, 2.45) is 0 Å². The molecule has 0 bridgehead atoms. The highest BCUT2D eigenvalue weighted by molar-refractivity contribution is 7.92. The van der Waals surface area contributed by atoms with Crippen molar-refractivity contribution in [1.29, 1.82) is 0 Å². The van der Waals surface area contributed by atoms with E-state index in [4.69, 9.17) is 14.2 Å². The summed E-state index contributed by atoms with van der Waals surface area (Å²) in [6.07, 6.45) is 4.42. The molecule has 0 amide bonds. The van der Waals surface area contributed by atoms with Gasteiger partial charge >= 0.3 is 5.97 Å². The number of fused-ring (bicyclic) bond motifs is 1. The lowest BCUT2D eigenvalue weighted by molar-refractivity contribution is 0.0474. The Morgan fingerprint density at radius 1 is 1.06 bits per heavy atom. The van der Waals surface area contributed by atoms with Crippen LogP contribution in [0.15, 0.2) is 36.4 Å². The van der Waals surface area contributed by atoms with E-state index in [2.05, 4.69) is 6.92 Å². The van der Waals surface area contributed by atoms with Crippen LogP contribution < -0.4 is 13.8 Å². The Hall–Kier alpha value is -3.07. The number of benzene rings is 2. The van der Waals surface area contributed by atoms with E-state index in [0.29, 0.717) is 48.7 Å². The molecular formula is C24H29NO7S. The van der Waals surface area contributed by atoms with Crippen molar-refractivity contribution in [2.75, 3.05) is 37.4 Å². The van der Waals surface area contributed by atoms with Gasteiger partial charge in [0.25, 0.3) is 0 Å². The Morgan fingerprint density at radius 2 is 1.82 bits per heavy atom. The summed E-state index contributed by atoms with van der Waals surface area (Å²) in [5.74, 6) is -0.0650. The number of rotatable bonds is 10. The van der Waals surface area contributed by atoms with Crippen LogP contribution in [0.2, 0.25) is 0 Å². The van der Waals surface area contributed by atoms with Gasteiger partial charge in [-0.05, 0) is 61.2 Å². The van der Waals surface area contributed by atoms with E-state index in [1.54, 1.807) is 30.3 Å². The Labute approximate surface area is 194 Å². The minimum absolute atomic E-state index is 0.247. The Bertz CT molecular complexity index is 1130. The molecule has 3 rings (SSSR count). The molecule has 0 N–H and O–H groups in total. The third-order valence-corrected chi connectivity index (χ3v) is 6.55. The summed E-state index contributed by atoms with van der Waals surface area (Å²) in [5, 5.41) is 0. The van der Waals surface area contributed by atoms with Gasteiger partial charge < -0.3 is 14.2 Å². The standard InChI is InChI=1S/C24H29NO7S/c1-4-5-13-31-22-11-9-19(15-23(22)30-2)24(27)32-16-21(26)18-8-10-20-17(14-18)7-6-12-25(20)33(3,28)29/h8-11,14-15H,4-7,12-13,16H2,1-3H3. The van der Waals surface area contributed by atoms with Crippen molar-refractivity contribution in [3.63, 3.8) is 0 Å². The van der Waals surface area contributed by atoms with E-state index in [-0.39, 0.29) is 11.3 Å². The fourth-order valence-corrected chi connectivity index (χ4v) is 4.61. The number of ketones is 1. The van der Waals surface area contributed by atoms with Gasteiger partial charge in [-0.15, -0.1) is 0 Å². The third-order valence-electron chi connectivity index (χ3n) is 5.37. The molecule has 0 unspecified atom stereocenters. The zero-order valence-corrected chi connectivity index (χ0v) is 19.9. The molecule has 0 spiro atoms. The maximum Gasteiger partial charge on any atom is 0.338 e. The number of carbonyl (C=O) groups excluding carboxylic acids is 2. The molecule has 0 saturated carbocycles. The number of carbonyl (C=O) groups is 2. The van der Waals surface area contributed by atoms with Crippen LogP contribution in [-0.2, 0) is 21.2 Å². The summed E-state index contributed by atoms with van der Waals surface area (Å²) in [7, 11) is -1.89. The van der Waals surface area contributed by atoms with Crippen molar-refractivity contribution in [3.05, 3.63) is 53.1 Å². The molecule has 0 aromatic heterocycles. The predicted molar refractivity (Wildman–Crippen MR) is 125 cm³/mol. The van der Waals surface area contributed by atoms with Crippen LogP contribution in [0.25, 0.3) is 0 Å². The molecule has 2 aromatic rings. The number of ether oxygens (including phenoxy) is 3. The Morgan fingerprint density at radius 3 is 2.52 bits per heavy atom. The van der Waals surface area contributed by atoms with Crippen LogP contribution in [0.1, 0.15) is 52.5 Å². The van der Waals surface area contributed by atoms with E-state index in [0.717, 1.165) is 18.4 Å². The normalized spacial score (nSPS) is 13.2. The number of methoxy groups -OCH3 is 1. The lowest BCUT2D eigenvalue weighted by atomic mass is 9.99. The summed E-state index contributed by atoms with van der Waals surface area (Å²) in [6, 6.07) is 9.59. The first-order valence-corrected chi connectivity index (χ1v) is 12.7. The van der Waals surface area contributed by atoms with E-state index < -0.39 is 22.6 Å². The van der Waals surface area contributed by atoms with Crippen molar-refractivity contribution in [3.8, 4) is 11.5 Å². The second kappa shape index (κ2) is 10.7. The fourth-order valence-electron chi connectivity index (χ4n) is 3.62. The molecule has 1 aliphatic rings. The number of aryl methyl sites for hydroxylation is 1. The monoisotopic (exact) mass is 475 g/mol. The molecule has 0 saturated heterocycles. The molecule has 0 radical (unpaired) electrons. The molecule has 2 aromatic carbocycles. The number of unbranched alkanes of at least 4 members (excludes halogenated alkanes) is 1. The zero-order chi connectivity index (χ0) is 24.0.